The van der Waals surface area contributed by atoms with Crippen molar-refractivity contribution in [2.45, 2.75) is 77.2 Å². The summed E-state index contributed by atoms with van der Waals surface area (Å²) in [6.07, 6.45) is -1.99. The maximum Gasteiger partial charge on any atom is 0.418 e. The molecule has 7 nitrogen and oxygen atoms in total. The number of pyridine rings is 1. The molecule has 0 bridgehead atoms. The van der Waals surface area contributed by atoms with Crippen LogP contribution in [-0.4, -0.2) is 64.0 Å². The van der Waals surface area contributed by atoms with Crippen LogP contribution in [0.3, 0.4) is 0 Å². The summed E-state index contributed by atoms with van der Waals surface area (Å²) >= 11 is 1.41. The van der Waals surface area contributed by atoms with Crippen LogP contribution in [0.25, 0.3) is 0 Å². The molecule has 1 saturated heterocycles. The largest absolute Gasteiger partial charge is 0.444 e. The molecule has 0 radical (unpaired) electrons. The van der Waals surface area contributed by atoms with Gasteiger partial charge < -0.3 is 14.5 Å². The van der Waals surface area contributed by atoms with Crippen molar-refractivity contribution in [1.82, 2.24) is 19.9 Å². The van der Waals surface area contributed by atoms with Gasteiger partial charge in [-0.3, -0.25) is 4.98 Å². The van der Waals surface area contributed by atoms with Gasteiger partial charge >= 0.3 is 12.3 Å². The van der Waals surface area contributed by atoms with E-state index in [-0.39, 0.29) is 23.3 Å². The van der Waals surface area contributed by atoms with Gasteiger partial charge in [0.2, 0.25) is 0 Å². The minimum absolute atomic E-state index is 0.0807. The first kappa shape index (κ1) is 28.4. The summed E-state index contributed by atoms with van der Waals surface area (Å²) < 4.78 is 47.9. The smallest absolute Gasteiger partial charge is 0.418 e. The predicted molar refractivity (Wildman–Crippen MR) is 142 cm³/mol. The van der Waals surface area contributed by atoms with Crippen molar-refractivity contribution in [1.29, 1.82) is 0 Å². The van der Waals surface area contributed by atoms with Crippen LogP contribution in [0.4, 0.5) is 23.8 Å². The number of alkyl halides is 3. The zero-order chi connectivity index (χ0) is 28.0. The molecule has 0 aromatic carbocycles. The molecule has 38 heavy (non-hydrogen) atoms. The Balaban J connectivity index is 1.64. The Morgan fingerprint density at radius 2 is 1.71 bits per heavy atom. The molecule has 2 aromatic rings. The van der Waals surface area contributed by atoms with Crippen molar-refractivity contribution < 1.29 is 22.7 Å². The zero-order valence-corrected chi connectivity index (χ0v) is 23.9. The molecule has 1 aliphatic heterocycles. The summed E-state index contributed by atoms with van der Waals surface area (Å²) in [5.74, 6) is 0.333. The average Bonchev–Trinajstić information content (AvgIpc) is 2.80. The number of hydrogen-bond donors (Lipinski definition) is 0. The molecule has 11 heteroatoms. The number of anilines is 1. The van der Waals surface area contributed by atoms with E-state index < -0.39 is 23.3 Å². The molecule has 2 unspecified atom stereocenters. The van der Waals surface area contributed by atoms with Crippen molar-refractivity contribution in [3.63, 3.8) is 0 Å². The Kier molecular flexibility index (Phi) is 7.89. The van der Waals surface area contributed by atoms with Crippen molar-refractivity contribution in [2.75, 3.05) is 37.3 Å². The molecule has 1 amide bonds. The molecule has 0 saturated carbocycles. The van der Waals surface area contributed by atoms with Crippen LogP contribution in [0.2, 0.25) is 0 Å². The first-order valence-corrected chi connectivity index (χ1v) is 14.1. The van der Waals surface area contributed by atoms with Gasteiger partial charge in [-0.1, -0.05) is 18.7 Å². The molecule has 1 fully saturated rings. The lowest BCUT2D eigenvalue weighted by atomic mass is 9.75. The summed E-state index contributed by atoms with van der Waals surface area (Å²) in [5, 5.41) is 0.589. The van der Waals surface area contributed by atoms with Gasteiger partial charge in [0.05, 0.1) is 17.0 Å². The highest BCUT2D eigenvalue weighted by Crippen LogP contribution is 2.44. The zero-order valence-electron chi connectivity index (χ0n) is 23.1. The number of halogens is 3. The normalized spacial score (nSPS) is 20.4. The molecule has 2 aliphatic rings. The van der Waals surface area contributed by atoms with Gasteiger partial charge in [-0.25, -0.2) is 14.8 Å². The molecule has 1 aliphatic carbocycles. The van der Waals surface area contributed by atoms with E-state index >= 15 is 0 Å². The highest BCUT2D eigenvalue weighted by molar-refractivity contribution is 7.98. The number of aromatic nitrogens is 3. The van der Waals surface area contributed by atoms with Crippen LogP contribution in [0, 0.1) is 19.8 Å². The van der Waals surface area contributed by atoms with Crippen LogP contribution in [0.15, 0.2) is 11.2 Å². The van der Waals surface area contributed by atoms with Gasteiger partial charge in [-0.05, 0) is 71.3 Å². The fourth-order valence-corrected chi connectivity index (χ4v) is 5.78. The van der Waals surface area contributed by atoms with Crippen LogP contribution >= 0.6 is 11.8 Å². The number of piperazine rings is 1. The quantitative estimate of drug-likeness (QED) is 0.352. The average molecular weight is 552 g/mol. The summed E-state index contributed by atoms with van der Waals surface area (Å²) in [7, 11) is 0. The Morgan fingerprint density at radius 3 is 2.29 bits per heavy atom. The van der Waals surface area contributed by atoms with Gasteiger partial charge in [0.25, 0.3) is 0 Å². The minimum atomic E-state index is -4.48. The number of aryl methyl sites for hydroxylation is 2. The standard InChI is InChI=1S/C27H36F3N5O2S/c1-15-13-19-20(14-18(15)22-21(27(28,29)30)16(2)12-17(3)31-22)32-24(38-7)33-23(19)34-8-10-35(11-9-34)25(36)37-26(4,5)6/h12,15,18H,8-11,13-14H2,1-7H3. The van der Waals surface area contributed by atoms with E-state index in [4.69, 9.17) is 14.7 Å². The van der Waals surface area contributed by atoms with Crippen molar-refractivity contribution >= 4 is 23.7 Å². The van der Waals surface area contributed by atoms with E-state index in [2.05, 4.69) is 9.88 Å². The van der Waals surface area contributed by atoms with Crippen LogP contribution in [-0.2, 0) is 23.8 Å². The summed E-state index contributed by atoms with van der Waals surface area (Å²) in [6, 6.07) is 1.50. The molecular weight excluding hydrogens is 515 g/mol. The van der Waals surface area contributed by atoms with Crippen molar-refractivity contribution in [2.24, 2.45) is 5.92 Å². The van der Waals surface area contributed by atoms with Crippen LogP contribution < -0.4 is 4.90 Å². The fraction of sp³-hybridized carbons (Fsp3) is 0.630. The Morgan fingerprint density at radius 1 is 1.05 bits per heavy atom. The number of hydrogen-bond acceptors (Lipinski definition) is 7. The first-order valence-electron chi connectivity index (χ1n) is 12.9. The number of rotatable bonds is 3. The number of carbonyl (C=O) groups excluding carboxylic acids is 1. The van der Waals surface area contributed by atoms with E-state index in [0.717, 1.165) is 17.1 Å². The summed E-state index contributed by atoms with van der Waals surface area (Å²) in [5.41, 5.74) is 1.48. The molecule has 2 aromatic heterocycles. The van der Waals surface area contributed by atoms with E-state index in [1.54, 1.807) is 11.8 Å². The maximum absolute atomic E-state index is 14.1. The SMILES string of the molecule is CSc1nc2c(c(N3CCN(C(=O)OC(C)(C)C)CC3)n1)CC(C)C(c1nc(C)cc(C)c1C(F)(F)F)C2. The second-order valence-corrected chi connectivity index (χ2v) is 12.0. The molecule has 2 atom stereocenters. The number of carbonyl (C=O) groups is 1. The van der Waals surface area contributed by atoms with E-state index in [1.807, 2.05) is 34.0 Å². The lowest BCUT2D eigenvalue weighted by Crippen LogP contribution is -2.50. The Hall–Kier alpha value is -2.56. The van der Waals surface area contributed by atoms with Gasteiger partial charge in [-0.15, -0.1) is 0 Å². The second kappa shape index (κ2) is 10.5. The number of nitrogens with zero attached hydrogens (tertiary/aromatic N) is 5. The third-order valence-electron chi connectivity index (χ3n) is 7.10. The van der Waals surface area contributed by atoms with Crippen LogP contribution in [0.5, 0.6) is 0 Å². The third kappa shape index (κ3) is 6.02. The molecule has 0 spiro atoms. The van der Waals surface area contributed by atoms with Gasteiger partial charge in [0.1, 0.15) is 11.4 Å². The van der Waals surface area contributed by atoms with Gasteiger partial charge in [-0.2, -0.15) is 13.2 Å². The number of amides is 1. The second-order valence-electron chi connectivity index (χ2n) is 11.2. The maximum atomic E-state index is 14.1. The minimum Gasteiger partial charge on any atom is -0.444 e. The lowest BCUT2D eigenvalue weighted by Gasteiger charge is -2.39. The summed E-state index contributed by atoms with van der Waals surface area (Å²) in [6.45, 7) is 12.9. The Labute approximate surface area is 226 Å². The highest BCUT2D eigenvalue weighted by atomic mass is 32.2. The molecule has 4 rings (SSSR count). The highest BCUT2D eigenvalue weighted by Gasteiger charge is 2.41. The van der Waals surface area contributed by atoms with E-state index in [9.17, 15) is 18.0 Å². The molecule has 208 valence electrons. The molecular formula is C27H36F3N5O2S. The van der Waals surface area contributed by atoms with E-state index in [1.165, 1.54) is 24.8 Å². The topological polar surface area (TPSA) is 71.5 Å². The third-order valence-corrected chi connectivity index (χ3v) is 7.65. The van der Waals surface area contributed by atoms with Gasteiger partial charge in [0, 0.05) is 43.4 Å². The number of thioether (sulfide) groups is 1. The summed E-state index contributed by atoms with van der Waals surface area (Å²) in [4.78, 5) is 30.4. The number of ether oxygens (including phenoxy) is 1. The molecule has 0 N–H and O–H groups in total. The number of fused-ring (bicyclic) bond motifs is 1. The Bertz CT molecular complexity index is 1210. The van der Waals surface area contributed by atoms with E-state index in [0.29, 0.717) is 49.9 Å². The van der Waals surface area contributed by atoms with Gasteiger partial charge in [0.15, 0.2) is 5.16 Å². The monoisotopic (exact) mass is 551 g/mol. The van der Waals surface area contributed by atoms with Crippen molar-refractivity contribution in [3.8, 4) is 0 Å². The first-order chi connectivity index (χ1) is 17.7. The fourth-order valence-electron chi connectivity index (χ4n) is 5.40. The van der Waals surface area contributed by atoms with Crippen molar-refractivity contribution in [3.05, 3.63) is 39.8 Å². The lowest BCUT2D eigenvalue weighted by molar-refractivity contribution is -0.139. The van der Waals surface area contributed by atoms with Crippen LogP contribution in [0.1, 0.15) is 67.4 Å². The molecule has 3 heterocycles. The predicted octanol–water partition coefficient (Wildman–Crippen LogP) is 5.80.